The van der Waals surface area contributed by atoms with Crippen LogP contribution in [0.15, 0.2) is 4.79 Å². The monoisotopic (exact) mass is 325 g/mol. The summed E-state index contributed by atoms with van der Waals surface area (Å²) in [5, 5.41) is 0.789. The zero-order valence-electron chi connectivity index (χ0n) is 13.3. The van der Waals surface area contributed by atoms with Gasteiger partial charge in [-0.05, 0) is 51.6 Å². The van der Waals surface area contributed by atoms with Crippen LogP contribution in [0.5, 0.6) is 0 Å². The molecule has 1 N–H and O–H groups in total. The largest absolute Gasteiger partial charge is 0.323 e. The summed E-state index contributed by atoms with van der Waals surface area (Å²) in [7, 11) is 0. The predicted octanol–water partition coefficient (Wildman–Crippen LogP) is 3.64. The van der Waals surface area contributed by atoms with Crippen molar-refractivity contribution in [3.05, 3.63) is 25.6 Å². The van der Waals surface area contributed by atoms with Gasteiger partial charge in [-0.2, -0.15) is 0 Å². The Morgan fingerprint density at radius 1 is 1.33 bits per heavy atom. The van der Waals surface area contributed by atoms with Crippen LogP contribution in [0, 0.1) is 18.6 Å². The number of aromatic nitrogens is 2. The summed E-state index contributed by atoms with van der Waals surface area (Å²) in [6.45, 7) is 13.2. The number of fused-ring (bicyclic) bond motifs is 1. The van der Waals surface area contributed by atoms with Gasteiger partial charge in [0.1, 0.15) is 4.83 Å². The lowest BCUT2D eigenvalue weighted by Gasteiger charge is -2.24. The predicted molar refractivity (Wildman–Crippen MR) is 93.2 cm³/mol. The molecule has 0 aromatic carbocycles. The first-order chi connectivity index (χ1) is 9.90. The third-order valence-electron chi connectivity index (χ3n) is 4.11. The van der Waals surface area contributed by atoms with Crippen molar-refractivity contribution in [1.29, 1.82) is 0 Å². The van der Waals surface area contributed by atoms with E-state index in [4.69, 9.17) is 12.2 Å². The Labute approximate surface area is 134 Å². The van der Waals surface area contributed by atoms with Crippen LogP contribution in [0.1, 0.15) is 37.3 Å². The highest BCUT2D eigenvalue weighted by Crippen LogP contribution is 2.26. The van der Waals surface area contributed by atoms with E-state index in [0.29, 0.717) is 4.77 Å². The fraction of sp³-hybridized carbons (Fsp3) is 0.600. The number of aromatic amines is 1. The van der Waals surface area contributed by atoms with Gasteiger partial charge in [0.15, 0.2) is 4.77 Å². The molecule has 1 unspecified atom stereocenters. The maximum atomic E-state index is 12.8. The number of nitrogens with zero attached hydrogens (tertiary/aromatic N) is 2. The molecule has 0 saturated heterocycles. The van der Waals surface area contributed by atoms with E-state index >= 15 is 0 Å². The van der Waals surface area contributed by atoms with Gasteiger partial charge in [0.05, 0.1) is 5.39 Å². The molecule has 2 rings (SSSR count). The fourth-order valence-corrected chi connectivity index (χ4v) is 4.16. The van der Waals surface area contributed by atoms with Crippen molar-refractivity contribution in [3.63, 3.8) is 0 Å². The lowest BCUT2D eigenvalue weighted by molar-refractivity contribution is 0.257. The van der Waals surface area contributed by atoms with Crippen LogP contribution in [0.25, 0.3) is 10.2 Å². The van der Waals surface area contributed by atoms with Crippen molar-refractivity contribution in [2.24, 2.45) is 0 Å². The Morgan fingerprint density at radius 2 is 1.95 bits per heavy atom. The molecule has 2 aromatic rings. The van der Waals surface area contributed by atoms with Crippen molar-refractivity contribution in [3.8, 4) is 0 Å². The first-order valence-corrected chi connectivity index (χ1v) is 8.60. The number of hydrogen-bond donors (Lipinski definition) is 1. The molecule has 0 aliphatic heterocycles. The number of H-pyrrole nitrogens is 1. The molecule has 0 saturated carbocycles. The van der Waals surface area contributed by atoms with Crippen LogP contribution >= 0.6 is 23.6 Å². The quantitative estimate of drug-likeness (QED) is 0.853. The van der Waals surface area contributed by atoms with Crippen LogP contribution in [-0.4, -0.2) is 34.1 Å². The van der Waals surface area contributed by atoms with Gasteiger partial charge in [-0.25, -0.2) is 0 Å². The second kappa shape index (κ2) is 6.42. The van der Waals surface area contributed by atoms with Crippen LogP contribution in [-0.2, 0) is 0 Å². The van der Waals surface area contributed by atoms with Crippen LogP contribution in [0.3, 0.4) is 0 Å². The Morgan fingerprint density at radius 3 is 2.52 bits per heavy atom. The third kappa shape index (κ3) is 2.98. The Hall–Kier alpha value is -0.980. The summed E-state index contributed by atoms with van der Waals surface area (Å²) in [4.78, 5) is 20.4. The summed E-state index contributed by atoms with van der Waals surface area (Å²) >= 11 is 7.02. The highest BCUT2D eigenvalue weighted by Gasteiger charge is 2.17. The highest BCUT2D eigenvalue weighted by atomic mass is 32.1. The SMILES string of the molecule is CCN(CC)CC(C)n1c(=S)[nH]c2sc(C)c(C)c2c1=O. The van der Waals surface area contributed by atoms with Gasteiger partial charge in [-0.3, -0.25) is 9.36 Å². The molecule has 0 bridgehead atoms. The van der Waals surface area contributed by atoms with Crippen molar-refractivity contribution < 1.29 is 0 Å². The average Bonchev–Trinajstić information content (AvgIpc) is 2.71. The van der Waals surface area contributed by atoms with E-state index in [1.165, 1.54) is 4.88 Å². The van der Waals surface area contributed by atoms with Crippen molar-refractivity contribution in [2.75, 3.05) is 19.6 Å². The molecule has 0 amide bonds. The lowest BCUT2D eigenvalue weighted by Crippen LogP contribution is -2.34. The smallest absolute Gasteiger partial charge is 0.263 e. The lowest BCUT2D eigenvalue weighted by atomic mass is 10.2. The first kappa shape index (κ1) is 16.4. The summed E-state index contributed by atoms with van der Waals surface area (Å²) in [6, 6.07) is 0.0603. The summed E-state index contributed by atoms with van der Waals surface area (Å²) in [6.07, 6.45) is 0. The van der Waals surface area contributed by atoms with E-state index < -0.39 is 0 Å². The third-order valence-corrected chi connectivity index (χ3v) is 5.54. The Bertz CT molecular complexity index is 753. The molecule has 21 heavy (non-hydrogen) atoms. The minimum Gasteiger partial charge on any atom is -0.323 e. The van der Waals surface area contributed by atoms with E-state index in [1.54, 1.807) is 15.9 Å². The molecule has 6 heteroatoms. The van der Waals surface area contributed by atoms with Crippen LogP contribution < -0.4 is 5.56 Å². The van der Waals surface area contributed by atoms with Gasteiger partial charge in [0, 0.05) is 17.5 Å². The maximum Gasteiger partial charge on any atom is 0.263 e. The zero-order valence-corrected chi connectivity index (χ0v) is 15.0. The molecule has 1 atom stereocenters. The van der Waals surface area contributed by atoms with Gasteiger partial charge in [-0.15, -0.1) is 11.3 Å². The minimum atomic E-state index is 0.0373. The second-order valence-corrected chi connectivity index (χ2v) is 7.04. The minimum absolute atomic E-state index is 0.0373. The standard InChI is InChI=1S/C15H23N3OS2/c1-6-17(7-2)8-9(3)18-14(19)12-10(4)11(5)21-13(12)16-15(18)20/h9H,6-8H2,1-5H3,(H,16,20). The maximum absolute atomic E-state index is 12.8. The Kier molecular flexibility index (Phi) is 5.01. The number of likely N-dealkylation sites (N-methyl/N-ethyl adjacent to an activating group) is 1. The Balaban J connectivity index is 2.56. The van der Waals surface area contributed by atoms with Crippen molar-refractivity contribution in [1.82, 2.24) is 14.5 Å². The molecule has 0 spiro atoms. The van der Waals surface area contributed by atoms with Gasteiger partial charge >= 0.3 is 0 Å². The van der Waals surface area contributed by atoms with E-state index in [-0.39, 0.29) is 11.6 Å². The highest BCUT2D eigenvalue weighted by molar-refractivity contribution is 7.71. The van der Waals surface area contributed by atoms with Crippen molar-refractivity contribution >= 4 is 33.8 Å². The van der Waals surface area contributed by atoms with E-state index in [9.17, 15) is 4.79 Å². The van der Waals surface area contributed by atoms with Crippen LogP contribution in [0.2, 0.25) is 0 Å². The van der Waals surface area contributed by atoms with Gasteiger partial charge in [-0.1, -0.05) is 13.8 Å². The number of thiophene rings is 1. The average molecular weight is 326 g/mol. The molecule has 116 valence electrons. The molecule has 0 aliphatic carbocycles. The van der Waals surface area contributed by atoms with E-state index in [1.807, 2.05) is 13.8 Å². The van der Waals surface area contributed by atoms with E-state index in [0.717, 1.165) is 35.4 Å². The molecular formula is C15H23N3OS2. The summed E-state index contributed by atoms with van der Waals surface area (Å²) in [5.41, 5.74) is 1.10. The number of rotatable bonds is 5. The van der Waals surface area contributed by atoms with Gasteiger partial charge < -0.3 is 9.88 Å². The molecular weight excluding hydrogens is 302 g/mol. The summed E-state index contributed by atoms with van der Waals surface area (Å²) < 4.78 is 2.25. The van der Waals surface area contributed by atoms with Crippen LogP contribution in [0.4, 0.5) is 0 Å². The second-order valence-electron chi connectivity index (χ2n) is 5.43. The molecule has 0 radical (unpaired) electrons. The van der Waals surface area contributed by atoms with Gasteiger partial charge in [0.25, 0.3) is 5.56 Å². The first-order valence-electron chi connectivity index (χ1n) is 7.37. The summed E-state index contributed by atoms with van der Waals surface area (Å²) in [5.74, 6) is 0. The topological polar surface area (TPSA) is 41.0 Å². The van der Waals surface area contributed by atoms with E-state index in [2.05, 4.69) is 30.7 Å². The number of hydrogen-bond acceptors (Lipinski definition) is 4. The molecule has 4 nitrogen and oxygen atoms in total. The molecule has 2 heterocycles. The molecule has 0 aliphatic rings. The van der Waals surface area contributed by atoms with Gasteiger partial charge in [0.2, 0.25) is 0 Å². The fourth-order valence-electron chi connectivity index (χ4n) is 2.68. The normalized spacial score (nSPS) is 13.2. The zero-order chi connectivity index (χ0) is 15.7. The van der Waals surface area contributed by atoms with Crippen molar-refractivity contribution in [2.45, 2.75) is 40.7 Å². The number of nitrogens with one attached hydrogen (secondary N) is 1. The number of aryl methyl sites for hydroxylation is 2. The molecule has 2 aromatic heterocycles. The molecule has 0 fully saturated rings.